The third-order valence-electron chi connectivity index (χ3n) is 2.88. The average Bonchev–Trinajstić information content (AvgIpc) is 2.65. The van der Waals surface area contributed by atoms with Gasteiger partial charge in [-0.15, -0.1) is 0 Å². The summed E-state index contributed by atoms with van der Waals surface area (Å²) in [5.74, 6) is 0.243. The van der Waals surface area contributed by atoms with E-state index >= 15 is 0 Å². The zero-order chi connectivity index (χ0) is 14.7. The number of benzene rings is 1. The number of rotatable bonds is 5. The maximum absolute atomic E-state index is 11.6. The van der Waals surface area contributed by atoms with Crippen molar-refractivity contribution in [3.05, 3.63) is 29.3 Å². The number of aliphatic hydroxyl groups excluding tert-OH is 1. The van der Waals surface area contributed by atoms with Gasteiger partial charge in [0.05, 0.1) is 6.54 Å². The second-order valence-electron chi connectivity index (χ2n) is 4.56. The molecule has 1 fully saturated rings. The average molecular weight is 299 g/mol. The SMILES string of the molecule is CN1CC(=O)N(CC(O)COc2ccc(Cl)cc2)C1=O. The zero-order valence-electron chi connectivity index (χ0n) is 11.0. The van der Waals surface area contributed by atoms with Crippen LogP contribution in [0.3, 0.4) is 0 Å². The van der Waals surface area contributed by atoms with Crippen molar-refractivity contribution in [2.24, 2.45) is 0 Å². The fourth-order valence-corrected chi connectivity index (χ4v) is 1.96. The van der Waals surface area contributed by atoms with Gasteiger partial charge in [-0.05, 0) is 24.3 Å². The molecule has 108 valence electrons. The van der Waals surface area contributed by atoms with Crippen molar-refractivity contribution in [3.63, 3.8) is 0 Å². The first-order valence-corrected chi connectivity index (χ1v) is 6.47. The molecular weight excluding hydrogens is 284 g/mol. The lowest BCUT2D eigenvalue weighted by atomic mass is 10.3. The molecular formula is C13H15ClN2O4. The summed E-state index contributed by atoms with van der Waals surface area (Å²) in [5.41, 5.74) is 0. The fraction of sp³-hybridized carbons (Fsp3) is 0.385. The Morgan fingerprint density at radius 1 is 1.35 bits per heavy atom. The molecule has 0 radical (unpaired) electrons. The van der Waals surface area contributed by atoms with Crippen LogP contribution >= 0.6 is 11.6 Å². The van der Waals surface area contributed by atoms with Crippen LogP contribution < -0.4 is 4.74 Å². The maximum Gasteiger partial charge on any atom is 0.327 e. The van der Waals surface area contributed by atoms with Crippen molar-refractivity contribution in [1.82, 2.24) is 9.80 Å². The van der Waals surface area contributed by atoms with Crippen LogP contribution in [0.4, 0.5) is 4.79 Å². The lowest BCUT2D eigenvalue weighted by Gasteiger charge is -2.18. The van der Waals surface area contributed by atoms with E-state index in [0.29, 0.717) is 10.8 Å². The minimum Gasteiger partial charge on any atom is -0.491 e. The number of aliphatic hydroxyl groups is 1. The molecule has 3 amide bonds. The van der Waals surface area contributed by atoms with E-state index in [1.165, 1.54) is 11.9 Å². The summed E-state index contributed by atoms with van der Waals surface area (Å²) in [6, 6.07) is 6.29. The molecule has 1 atom stereocenters. The highest BCUT2D eigenvalue weighted by atomic mass is 35.5. The molecule has 1 saturated heterocycles. The van der Waals surface area contributed by atoms with E-state index in [-0.39, 0.29) is 25.6 Å². The van der Waals surface area contributed by atoms with E-state index in [9.17, 15) is 14.7 Å². The summed E-state index contributed by atoms with van der Waals surface area (Å²) in [5, 5.41) is 10.4. The zero-order valence-corrected chi connectivity index (χ0v) is 11.7. The molecule has 1 aromatic carbocycles. The number of ether oxygens (including phenoxy) is 1. The van der Waals surface area contributed by atoms with E-state index in [2.05, 4.69) is 0 Å². The van der Waals surface area contributed by atoms with Crippen molar-refractivity contribution >= 4 is 23.5 Å². The number of hydrogen-bond acceptors (Lipinski definition) is 4. The van der Waals surface area contributed by atoms with Gasteiger partial charge < -0.3 is 14.7 Å². The Hall–Kier alpha value is -1.79. The minimum atomic E-state index is -0.940. The van der Waals surface area contributed by atoms with Crippen LogP contribution in [0.1, 0.15) is 0 Å². The Bertz CT molecular complexity index is 506. The molecule has 20 heavy (non-hydrogen) atoms. The standard InChI is InChI=1S/C13H15ClN2O4/c1-15-7-12(18)16(13(15)19)6-10(17)8-20-11-4-2-9(14)3-5-11/h2-5,10,17H,6-8H2,1H3. The number of nitrogens with zero attached hydrogens (tertiary/aromatic N) is 2. The number of β-amino-alcohol motifs (C(OH)–C–C–N with tert-alkyl or cyclic N) is 1. The van der Waals surface area contributed by atoms with Crippen LogP contribution in [-0.4, -0.2) is 59.7 Å². The first-order chi connectivity index (χ1) is 9.47. The van der Waals surface area contributed by atoms with Gasteiger partial charge in [0, 0.05) is 12.1 Å². The van der Waals surface area contributed by atoms with Crippen molar-refractivity contribution in [3.8, 4) is 5.75 Å². The number of halogens is 1. The monoisotopic (exact) mass is 298 g/mol. The van der Waals surface area contributed by atoms with E-state index < -0.39 is 12.1 Å². The summed E-state index contributed by atoms with van der Waals surface area (Å²) < 4.78 is 5.36. The molecule has 7 heteroatoms. The third-order valence-corrected chi connectivity index (χ3v) is 3.13. The highest BCUT2D eigenvalue weighted by molar-refractivity contribution is 6.30. The predicted molar refractivity (Wildman–Crippen MR) is 72.7 cm³/mol. The van der Waals surface area contributed by atoms with Crippen LogP contribution in [0.2, 0.25) is 5.02 Å². The molecule has 1 unspecified atom stereocenters. The third kappa shape index (κ3) is 3.40. The Labute approximate surface area is 121 Å². The number of amides is 3. The number of hydrogen-bond donors (Lipinski definition) is 1. The summed E-state index contributed by atoms with van der Waals surface area (Å²) in [7, 11) is 1.54. The molecule has 0 spiro atoms. The van der Waals surface area contributed by atoms with Gasteiger partial charge in [0.25, 0.3) is 0 Å². The quantitative estimate of drug-likeness (QED) is 0.823. The number of imide groups is 1. The minimum absolute atomic E-state index is 0.0115. The largest absolute Gasteiger partial charge is 0.491 e. The molecule has 1 aromatic rings. The van der Waals surface area contributed by atoms with Gasteiger partial charge in [-0.3, -0.25) is 9.69 Å². The van der Waals surface area contributed by atoms with Gasteiger partial charge in [-0.2, -0.15) is 0 Å². The lowest BCUT2D eigenvalue weighted by molar-refractivity contribution is -0.126. The lowest BCUT2D eigenvalue weighted by Crippen LogP contribution is -2.40. The van der Waals surface area contributed by atoms with Crippen molar-refractivity contribution in [2.75, 3.05) is 26.7 Å². The van der Waals surface area contributed by atoms with Crippen LogP contribution in [0.15, 0.2) is 24.3 Å². The van der Waals surface area contributed by atoms with Crippen molar-refractivity contribution < 1.29 is 19.4 Å². The van der Waals surface area contributed by atoms with Gasteiger partial charge >= 0.3 is 6.03 Å². The Kier molecular flexibility index (Phi) is 4.46. The van der Waals surface area contributed by atoms with Gasteiger partial charge in [-0.1, -0.05) is 11.6 Å². The normalized spacial score (nSPS) is 16.8. The molecule has 2 rings (SSSR count). The van der Waals surface area contributed by atoms with Crippen LogP contribution in [0, 0.1) is 0 Å². The molecule has 1 N–H and O–H groups in total. The molecule has 0 saturated carbocycles. The molecule has 0 aromatic heterocycles. The summed E-state index contributed by atoms with van der Waals surface area (Å²) >= 11 is 5.74. The second-order valence-corrected chi connectivity index (χ2v) is 5.00. The van der Waals surface area contributed by atoms with Crippen molar-refractivity contribution in [1.29, 1.82) is 0 Å². The summed E-state index contributed by atoms with van der Waals surface area (Å²) in [4.78, 5) is 25.5. The van der Waals surface area contributed by atoms with Crippen LogP contribution in [0.25, 0.3) is 0 Å². The first-order valence-electron chi connectivity index (χ1n) is 6.09. The molecule has 1 heterocycles. The first kappa shape index (κ1) is 14.6. The smallest absolute Gasteiger partial charge is 0.327 e. The van der Waals surface area contributed by atoms with Gasteiger partial charge in [0.15, 0.2) is 0 Å². The molecule has 0 aliphatic carbocycles. The number of likely N-dealkylation sites (N-methyl/N-ethyl adjacent to an activating group) is 1. The van der Waals surface area contributed by atoms with Gasteiger partial charge in [-0.25, -0.2) is 4.79 Å². The van der Waals surface area contributed by atoms with Crippen LogP contribution in [0.5, 0.6) is 5.75 Å². The van der Waals surface area contributed by atoms with Gasteiger partial charge in [0.1, 0.15) is 25.0 Å². The predicted octanol–water partition coefficient (Wildman–Crippen LogP) is 0.974. The highest BCUT2D eigenvalue weighted by Crippen LogP contribution is 2.16. The highest BCUT2D eigenvalue weighted by Gasteiger charge is 2.34. The Morgan fingerprint density at radius 2 is 2.00 bits per heavy atom. The Balaban J connectivity index is 1.83. The molecule has 0 bridgehead atoms. The topological polar surface area (TPSA) is 70.1 Å². The summed E-state index contributed by atoms with van der Waals surface area (Å²) in [6.45, 7) is -0.0401. The number of urea groups is 1. The van der Waals surface area contributed by atoms with Crippen molar-refractivity contribution in [2.45, 2.75) is 6.10 Å². The maximum atomic E-state index is 11.6. The van der Waals surface area contributed by atoms with E-state index in [4.69, 9.17) is 16.3 Å². The fourth-order valence-electron chi connectivity index (χ4n) is 1.84. The van der Waals surface area contributed by atoms with E-state index in [0.717, 1.165) is 4.90 Å². The second kappa shape index (κ2) is 6.11. The Morgan fingerprint density at radius 3 is 2.55 bits per heavy atom. The van der Waals surface area contributed by atoms with Crippen LogP contribution in [-0.2, 0) is 4.79 Å². The summed E-state index contributed by atoms with van der Waals surface area (Å²) in [6.07, 6.45) is -0.940. The number of carbonyl (C=O) groups is 2. The number of carbonyl (C=O) groups excluding carboxylic acids is 2. The molecule has 1 aliphatic heterocycles. The molecule has 1 aliphatic rings. The van der Waals surface area contributed by atoms with E-state index in [1.54, 1.807) is 24.3 Å². The molecule has 6 nitrogen and oxygen atoms in total. The van der Waals surface area contributed by atoms with Gasteiger partial charge in [0.2, 0.25) is 5.91 Å². The van der Waals surface area contributed by atoms with E-state index in [1.807, 2.05) is 0 Å².